The summed E-state index contributed by atoms with van der Waals surface area (Å²) in [6, 6.07) is 2.57. The van der Waals surface area contributed by atoms with Crippen LogP contribution in [-0.2, 0) is 7.05 Å². The van der Waals surface area contributed by atoms with E-state index >= 15 is 0 Å². The van der Waals surface area contributed by atoms with Crippen LogP contribution in [0.3, 0.4) is 0 Å². The van der Waals surface area contributed by atoms with Crippen molar-refractivity contribution in [3.8, 4) is 0 Å². The van der Waals surface area contributed by atoms with Gasteiger partial charge in [0, 0.05) is 25.5 Å². The zero-order chi connectivity index (χ0) is 10.4. The highest BCUT2D eigenvalue weighted by atomic mass is 14.9. The lowest BCUT2D eigenvalue weighted by Crippen LogP contribution is -2.24. The van der Waals surface area contributed by atoms with Crippen molar-refractivity contribution in [2.75, 3.05) is 6.54 Å². The molecule has 1 N–H and O–H groups in total. The third-order valence-corrected chi connectivity index (χ3v) is 2.15. The summed E-state index contributed by atoms with van der Waals surface area (Å²) < 4.78 is 2.06. The highest BCUT2D eigenvalue weighted by molar-refractivity contribution is 5.48. The molecule has 0 aliphatic rings. The molecule has 0 radical (unpaired) electrons. The number of aryl methyl sites for hydroxylation is 1. The zero-order valence-electron chi connectivity index (χ0n) is 9.33. The van der Waals surface area contributed by atoms with E-state index < -0.39 is 0 Å². The minimum Gasteiger partial charge on any atom is -0.357 e. The molecule has 0 fully saturated rings. The molecule has 2 heteroatoms. The predicted octanol–water partition coefficient (Wildman–Crippen LogP) is 2.43. The molecule has 0 aliphatic heterocycles. The molecule has 1 aromatic rings. The van der Waals surface area contributed by atoms with Gasteiger partial charge < -0.3 is 9.88 Å². The van der Waals surface area contributed by atoms with Gasteiger partial charge in [0.2, 0.25) is 0 Å². The molecule has 1 aromatic heterocycles. The molecule has 1 unspecified atom stereocenters. The molecule has 1 rings (SSSR count). The van der Waals surface area contributed by atoms with E-state index in [-0.39, 0.29) is 0 Å². The maximum absolute atomic E-state index is 3.42. The smallest absolute Gasteiger partial charge is 0.0224 e. The Bertz CT molecular complexity index is 286. The van der Waals surface area contributed by atoms with Crippen LogP contribution >= 0.6 is 0 Å². The first-order valence-electron chi connectivity index (χ1n) is 5.26. The van der Waals surface area contributed by atoms with Crippen LogP contribution < -0.4 is 5.32 Å². The van der Waals surface area contributed by atoms with E-state index in [9.17, 15) is 0 Å². The summed E-state index contributed by atoms with van der Waals surface area (Å²) in [7, 11) is 2.04. The fraction of sp³-hybridized carbons (Fsp3) is 0.500. The normalized spacial score (nSPS) is 13.6. The van der Waals surface area contributed by atoms with Crippen LogP contribution in [0.2, 0.25) is 0 Å². The minimum absolute atomic E-state index is 0.454. The van der Waals surface area contributed by atoms with Crippen LogP contribution in [0.4, 0.5) is 0 Å². The van der Waals surface area contributed by atoms with Crippen LogP contribution in [0.25, 0.3) is 6.08 Å². The molecule has 0 amide bonds. The van der Waals surface area contributed by atoms with Crippen molar-refractivity contribution in [1.29, 1.82) is 0 Å². The fourth-order valence-electron chi connectivity index (χ4n) is 1.32. The average Bonchev–Trinajstić information content (AvgIpc) is 2.58. The molecule has 0 bridgehead atoms. The Hall–Kier alpha value is -1.02. The summed E-state index contributed by atoms with van der Waals surface area (Å²) in [4.78, 5) is 0. The van der Waals surface area contributed by atoms with Gasteiger partial charge in [-0.3, -0.25) is 0 Å². The highest BCUT2D eigenvalue weighted by Crippen LogP contribution is 2.02. The minimum atomic E-state index is 0.454. The van der Waals surface area contributed by atoms with Gasteiger partial charge in [-0.25, -0.2) is 0 Å². The van der Waals surface area contributed by atoms with E-state index in [1.54, 1.807) is 0 Å². The molecule has 0 aromatic carbocycles. The van der Waals surface area contributed by atoms with Gasteiger partial charge >= 0.3 is 0 Å². The number of nitrogens with zero attached hydrogens (tertiary/aromatic N) is 1. The van der Waals surface area contributed by atoms with Gasteiger partial charge in [0.25, 0.3) is 0 Å². The maximum atomic E-state index is 3.42. The molecule has 0 aliphatic carbocycles. The van der Waals surface area contributed by atoms with Crippen LogP contribution in [0.5, 0.6) is 0 Å². The Morgan fingerprint density at radius 1 is 1.57 bits per heavy atom. The molecule has 0 spiro atoms. The standard InChI is InChI=1S/C12H20N2/c1-4-8-13-11(2)5-6-12-7-9-14(3)10-12/h5-7,9-11,13H,4,8H2,1-3H3/b6-5+. The lowest BCUT2D eigenvalue weighted by molar-refractivity contribution is 0.625. The van der Waals surface area contributed by atoms with Gasteiger partial charge in [-0.15, -0.1) is 0 Å². The van der Waals surface area contributed by atoms with Crippen molar-refractivity contribution in [1.82, 2.24) is 9.88 Å². The van der Waals surface area contributed by atoms with E-state index in [0.717, 1.165) is 6.54 Å². The van der Waals surface area contributed by atoms with Gasteiger partial charge in [0.15, 0.2) is 0 Å². The monoisotopic (exact) mass is 192 g/mol. The van der Waals surface area contributed by atoms with Gasteiger partial charge in [0.1, 0.15) is 0 Å². The molecule has 2 nitrogen and oxygen atoms in total. The quantitative estimate of drug-likeness (QED) is 0.758. The van der Waals surface area contributed by atoms with Crippen molar-refractivity contribution in [3.05, 3.63) is 30.1 Å². The number of aromatic nitrogens is 1. The largest absolute Gasteiger partial charge is 0.357 e. The summed E-state index contributed by atoms with van der Waals surface area (Å²) in [6.45, 7) is 5.44. The van der Waals surface area contributed by atoms with Gasteiger partial charge in [-0.05, 0) is 31.5 Å². The Labute approximate surface area is 86.6 Å². The summed E-state index contributed by atoms with van der Waals surface area (Å²) in [5.74, 6) is 0. The number of hydrogen-bond acceptors (Lipinski definition) is 1. The van der Waals surface area contributed by atoms with Gasteiger partial charge in [-0.1, -0.05) is 19.1 Å². The lowest BCUT2D eigenvalue weighted by atomic mass is 10.2. The van der Waals surface area contributed by atoms with E-state index in [1.165, 1.54) is 12.0 Å². The SMILES string of the molecule is CCCNC(C)/C=C/c1ccn(C)c1. The van der Waals surface area contributed by atoms with E-state index in [2.05, 4.69) is 54.3 Å². The number of rotatable bonds is 5. The second-order valence-electron chi connectivity index (χ2n) is 3.71. The van der Waals surface area contributed by atoms with Gasteiger partial charge in [-0.2, -0.15) is 0 Å². The van der Waals surface area contributed by atoms with Crippen LogP contribution in [0.15, 0.2) is 24.5 Å². The van der Waals surface area contributed by atoms with Crippen molar-refractivity contribution in [2.24, 2.45) is 7.05 Å². The summed E-state index contributed by atoms with van der Waals surface area (Å²) in [5, 5.41) is 3.42. The molecule has 14 heavy (non-hydrogen) atoms. The molecule has 0 saturated carbocycles. The van der Waals surface area contributed by atoms with Crippen LogP contribution in [0.1, 0.15) is 25.8 Å². The summed E-state index contributed by atoms with van der Waals surface area (Å²) >= 11 is 0. The van der Waals surface area contributed by atoms with E-state index in [4.69, 9.17) is 0 Å². The number of hydrogen-bond donors (Lipinski definition) is 1. The van der Waals surface area contributed by atoms with Crippen molar-refractivity contribution in [2.45, 2.75) is 26.3 Å². The molecule has 0 saturated heterocycles. The Morgan fingerprint density at radius 3 is 2.93 bits per heavy atom. The molecule has 78 valence electrons. The third kappa shape index (κ3) is 3.79. The zero-order valence-corrected chi connectivity index (χ0v) is 9.33. The molecular weight excluding hydrogens is 172 g/mol. The topological polar surface area (TPSA) is 17.0 Å². The first-order chi connectivity index (χ1) is 6.72. The van der Waals surface area contributed by atoms with E-state index in [1.807, 2.05) is 7.05 Å². The van der Waals surface area contributed by atoms with Crippen molar-refractivity contribution < 1.29 is 0 Å². The third-order valence-electron chi connectivity index (χ3n) is 2.15. The Balaban J connectivity index is 2.39. The van der Waals surface area contributed by atoms with Crippen molar-refractivity contribution in [3.63, 3.8) is 0 Å². The fourth-order valence-corrected chi connectivity index (χ4v) is 1.32. The van der Waals surface area contributed by atoms with Crippen LogP contribution in [-0.4, -0.2) is 17.2 Å². The Kier molecular flexibility index (Phi) is 4.47. The highest BCUT2D eigenvalue weighted by Gasteiger charge is 1.94. The predicted molar refractivity (Wildman–Crippen MR) is 62.2 cm³/mol. The first kappa shape index (κ1) is 11.1. The molecule has 1 atom stereocenters. The second kappa shape index (κ2) is 5.66. The summed E-state index contributed by atoms with van der Waals surface area (Å²) in [6.07, 6.45) is 9.72. The molecular formula is C12H20N2. The summed E-state index contributed by atoms with van der Waals surface area (Å²) in [5.41, 5.74) is 1.26. The lowest BCUT2D eigenvalue weighted by Gasteiger charge is -2.06. The molecule has 1 heterocycles. The Morgan fingerprint density at radius 2 is 2.36 bits per heavy atom. The maximum Gasteiger partial charge on any atom is 0.0224 e. The first-order valence-corrected chi connectivity index (χ1v) is 5.26. The van der Waals surface area contributed by atoms with Gasteiger partial charge in [0.05, 0.1) is 0 Å². The average molecular weight is 192 g/mol. The van der Waals surface area contributed by atoms with E-state index in [0.29, 0.717) is 6.04 Å². The number of nitrogens with one attached hydrogen (secondary N) is 1. The van der Waals surface area contributed by atoms with Crippen molar-refractivity contribution >= 4 is 6.08 Å². The van der Waals surface area contributed by atoms with Crippen LogP contribution in [0, 0.1) is 0 Å². The second-order valence-corrected chi connectivity index (χ2v) is 3.71.